The fourth-order valence-electron chi connectivity index (χ4n) is 3.13. The zero-order chi connectivity index (χ0) is 18.3. The maximum atomic E-state index is 12.9. The Morgan fingerprint density at radius 3 is 2.50 bits per heavy atom. The smallest absolute Gasteiger partial charge is 0.364 e. The van der Waals surface area contributed by atoms with E-state index in [9.17, 15) is 9.59 Å². The third-order valence-electron chi connectivity index (χ3n) is 4.61. The van der Waals surface area contributed by atoms with Gasteiger partial charge in [-0.25, -0.2) is 14.3 Å². The van der Waals surface area contributed by atoms with E-state index in [1.807, 2.05) is 43.3 Å². The fraction of sp³-hybridized carbons (Fsp3) is 0.211. The molecule has 0 saturated carbocycles. The molecule has 1 aliphatic heterocycles. The van der Waals surface area contributed by atoms with E-state index in [-0.39, 0.29) is 12.6 Å². The first-order valence-corrected chi connectivity index (χ1v) is 8.27. The van der Waals surface area contributed by atoms with Crippen LogP contribution in [0.1, 0.15) is 17.0 Å². The monoisotopic (exact) mass is 350 g/mol. The number of rotatable bonds is 4. The molecule has 2 heterocycles. The van der Waals surface area contributed by atoms with Gasteiger partial charge in [-0.1, -0.05) is 24.3 Å². The molecule has 1 aliphatic rings. The van der Waals surface area contributed by atoms with Crippen LogP contribution in [-0.2, 0) is 13.1 Å². The summed E-state index contributed by atoms with van der Waals surface area (Å²) in [4.78, 5) is 30.9. The quantitative estimate of drug-likeness (QED) is 0.724. The van der Waals surface area contributed by atoms with Gasteiger partial charge in [0.15, 0.2) is 5.82 Å². The Bertz CT molecular complexity index is 1030. The van der Waals surface area contributed by atoms with Crippen LogP contribution in [-0.4, -0.2) is 27.5 Å². The van der Waals surface area contributed by atoms with Crippen molar-refractivity contribution < 1.29 is 9.53 Å². The van der Waals surface area contributed by atoms with Crippen LogP contribution in [0.5, 0.6) is 5.75 Å². The molecule has 1 aromatic heterocycles. The van der Waals surface area contributed by atoms with E-state index < -0.39 is 5.69 Å². The predicted molar refractivity (Wildman–Crippen MR) is 96.7 cm³/mol. The number of nitrogens with zero attached hydrogens (tertiary/aromatic N) is 4. The lowest BCUT2D eigenvalue weighted by molar-refractivity contribution is 0.244. The number of ether oxygens (including phenoxy) is 1. The highest BCUT2D eigenvalue weighted by atomic mass is 16.5. The van der Waals surface area contributed by atoms with Crippen LogP contribution in [0.15, 0.2) is 53.3 Å². The minimum absolute atomic E-state index is 0.265. The molecule has 7 nitrogen and oxygen atoms in total. The molecule has 3 aromatic rings. The second kappa shape index (κ2) is 6.18. The molecular formula is C19H18N4O3. The zero-order valence-corrected chi connectivity index (χ0v) is 14.5. The Kier molecular flexibility index (Phi) is 3.84. The van der Waals surface area contributed by atoms with Crippen molar-refractivity contribution >= 4 is 11.7 Å². The number of aromatic nitrogens is 3. The van der Waals surface area contributed by atoms with E-state index in [4.69, 9.17) is 4.74 Å². The molecule has 0 N–H and O–H groups in total. The van der Waals surface area contributed by atoms with Gasteiger partial charge in [0.05, 0.1) is 20.2 Å². The van der Waals surface area contributed by atoms with Gasteiger partial charge < -0.3 is 4.74 Å². The van der Waals surface area contributed by atoms with Gasteiger partial charge in [-0.3, -0.25) is 4.90 Å². The largest absolute Gasteiger partial charge is 0.497 e. The SMILES string of the molecule is COc1ccc(N2Cc3nc(=O)n(Cc4ccccc4C)n3C2=O)cc1. The van der Waals surface area contributed by atoms with E-state index in [0.29, 0.717) is 12.4 Å². The van der Waals surface area contributed by atoms with Crippen molar-refractivity contribution in [1.82, 2.24) is 14.3 Å². The molecule has 0 saturated heterocycles. The van der Waals surface area contributed by atoms with Crippen LogP contribution in [0.4, 0.5) is 10.5 Å². The van der Waals surface area contributed by atoms with Crippen molar-refractivity contribution in [2.24, 2.45) is 0 Å². The Morgan fingerprint density at radius 1 is 1.08 bits per heavy atom. The number of benzene rings is 2. The topological polar surface area (TPSA) is 69.4 Å². The number of carbonyl (C=O) groups is 1. The maximum Gasteiger partial charge on any atom is 0.364 e. The van der Waals surface area contributed by atoms with E-state index in [2.05, 4.69) is 4.98 Å². The Hall–Kier alpha value is -3.35. The minimum atomic E-state index is -0.411. The van der Waals surface area contributed by atoms with Gasteiger partial charge in [0, 0.05) is 5.69 Å². The normalized spacial score (nSPS) is 13.2. The average Bonchev–Trinajstić information content (AvgIpc) is 3.13. The van der Waals surface area contributed by atoms with Crippen molar-refractivity contribution in [2.45, 2.75) is 20.0 Å². The standard InChI is InChI=1S/C19H18N4O3/c1-13-5-3-4-6-14(13)11-22-18(24)20-17-12-21(19(25)23(17)22)15-7-9-16(26-2)10-8-15/h3-10H,11-12H2,1-2H3. The second-order valence-electron chi connectivity index (χ2n) is 6.17. The summed E-state index contributed by atoms with van der Waals surface area (Å²) in [5.74, 6) is 1.17. The molecule has 0 spiro atoms. The number of fused-ring (bicyclic) bond motifs is 1. The molecule has 0 atom stereocenters. The van der Waals surface area contributed by atoms with Crippen molar-refractivity contribution in [3.05, 3.63) is 76.0 Å². The highest BCUT2D eigenvalue weighted by molar-refractivity contribution is 5.95. The lowest BCUT2D eigenvalue weighted by Gasteiger charge is -2.16. The number of methoxy groups -OCH3 is 1. The van der Waals surface area contributed by atoms with Gasteiger partial charge >= 0.3 is 11.7 Å². The lowest BCUT2D eigenvalue weighted by atomic mass is 10.1. The van der Waals surface area contributed by atoms with Gasteiger partial charge in [0.1, 0.15) is 5.75 Å². The minimum Gasteiger partial charge on any atom is -0.497 e. The third kappa shape index (κ3) is 2.57. The van der Waals surface area contributed by atoms with Gasteiger partial charge in [0.2, 0.25) is 0 Å². The molecular weight excluding hydrogens is 332 g/mol. The Balaban J connectivity index is 1.68. The number of hydrogen-bond acceptors (Lipinski definition) is 4. The van der Waals surface area contributed by atoms with Crippen LogP contribution in [0.3, 0.4) is 0 Å². The first kappa shape index (κ1) is 16.1. The van der Waals surface area contributed by atoms with Crippen molar-refractivity contribution in [3.63, 3.8) is 0 Å². The fourth-order valence-corrected chi connectivity index (χ4v) is 3.13. The third-order valence-corrected chi connectivity index (χ3v) is 4.61. The van der Waals surface area contributed by atoms with Gasteiger partial charge in [-0.05, 0) is 42.3 Å². The van der Waals surface area contributed by atoms with Crippen LogP contribution < -0.4 is 15.3 Å². The summed E-state index contributed by atoms with van der Waals surface area (Å²) in [6.07, 6.45) is 0. The van der Waals surface area contributed by atoms with Gasteiger partial charge in [-0.15, -0.1) is 0 Å². The molecule has 1 amide bonds. The number of amides is 1. The average molecular weight is 350 g/mol. The molecule has 0 radical (unpaired) electrons. The molecule has 0 unspecified atom stereocenters. The molecule has 7 heteroatoms. The van der Waals surface area contributed by atoms with Gasteiger partial charge in [-0.2, -0.15) is 9.67 Å². The predicted octanol–water partition coefficient (Wildman–Crippen LogP) is 2.40. The summed E-state index contributed by atoms with van der Waals surface area (Å²) in [6.45, 7) is 2.55. The highest BCUT2D eigenvalue weighted by Crippen LogP contribution is 2.25. The van der Waals surface area contributed by atoms with Gasteiger partial charge in [0.25, 0.3) is 0 Å². The summed E-state index contributed by atoms with van der Waals surface area (Å²) < 4.78 is 7.92. The Morgan fingerprint density at radius 2 is 1.81 bits per heavy atom. The summed E-state index contributed by atoms with van der Waals surface area (Å²) in [5.41, 5.74) is 2.36. The van der Waals surface area contributed by atoms with Crippen LogP contribution in [0.2, 0.25) is 0 Å². The number of hydrogen-bond donors (Lipinski definition) is 0. The van der Waals surface area contributed by atoms with Crippen LogP contribution >= 0.6 is 0 Å². The van der Waals surface area contributed by atoms with E-state index >= 15 is 0 Å². The molecule has 2 aromatic carbocycles. The van der Waals surface area contributed by atoms with Crippen molar-refractivity contribution in [3.8, 4) is 5.75 Å². The zero-order valence-electron chi connectivity index (χ0n) is 14.5. The lowest BCUT2D eigenvalue weighted by Crippen LogP contribution is -2.34. The summed E-state index contributed by atoms with van der Waals surface area (Å²) >= 11 is 0. The molecule has 132 valence electrons. The first-order chi connectivity index (χ1) is 12.6. The van der Waals surface area contributed by atoms with Crippen LogP contribution in [0.25, 0.3) is 0 Å². The summed E-state index contributed by atoms with van der Waals surface area (Å²) in [6, 6.07) is 14.7. The highest BCUT2D eigenvalue weighted by Gasteiger charge is 2.33. The number of carbonyl (C=O) groups excluding carboxylic acids is 1. The van der Waals surface area contributed by atoms with Crippen molar-refractivity contribution in [1.29, 1.82) is 0 Å². The number of anilines is 1. The second-order valence-corrected chi connectivity index (χ2v) is 6.17. The maximum absolute atomic E-state index is 12.9. The molecule has 0 fully saturated rings. The first-order valence-electron chi connectivity index (χ1n) is 8.27. The number of aryl methyl sites for hydroxylation is 1. The van der Waals surface area contributed by atoms with E-state index in [1.54, 1.807) is 24.1 Å². The summed E-state index contributed by atoms with van der Waals surface area (Å²) in [5, 5.41) is 0. The Labute approximate surface area is 150 Å². The molecule has 4 rings (SSSR count). The molecule has 0 aliphatic carbocycles. The van der Waals surface area contributed by atoms with Crippen LogP contribution in [0, 0.1) is 6.92 Å². The van der Waals surface area contributed by atoms with E-state index in [1.165, 1.54) is 9.36 Å². The van der Waals surface area contributed by atoms with E-state index in [0.717, 1.165) is 22.6 Å². The molecule has 26 heavy (non-hydrogen) atoms. The summed E-state index contributed by atoms with van der Waals surface area (Å²) in [7, 11) is 1.59. The van der Waals surface area contributed by atoms with Crippen molar-refractivity contribution in [2.75, 3.05) is 12.0 Å². The molecule has 0 bridgehead atoms.